The number of allylic oxidation sites excluding steroid dienone is 1. The largest absolute Gasteiger partial charge is 0.478 e. The fraction of sp³-hybridized carbons (Fsp3) is 0.375. The van der Waals surface area contributed by atoms with Crippen LogP contribution in [0.5, 0.6) is 0 Å². The number of carbonyl (C=O) groups is 2. The molecule has 0 radical (unpaired) electrons. The molecule has 3 nitrogen and oxygen atoms in total. The number of carbonyl (C=O) groups excluding carboxylic acids is 1. The molecule has 4 rings (SSSR count). The average molecular weight is 254 g/mol. The standard InChI is InChI=1S/C16H14O3/c17-11-7-9-6-10(11)14-12(8-4-2-1-3-5-8)15(13(9)14)16(18)19/h1-5,9-10,13-14H,6-7H2,(H,18,19)/t9-,10+,13-,14-/m1/s1. The Kier molecular flexibility index (Phi) is 2.06. The van der Waals surface area contributed by atoms with Crippen molar-refractivity contribution in [1.82, 2.24) is 0 Å². The first kappa shape index (κ1) is 11.0. The van der Waals surface area contributed by atoms with Gasteiger partial charge in [0.2, 0.25) is 0 Å². The van der Waals surface area contributed by atoms with Gasteiger partial charge >= 0.3 is 5.97 Å². The Morgan fingerprint density at radius 1 is 1.16 bits per heavy atom. The fourth-order valence-electron chi connectivity index (χ4n) is 4.40. The number of aliphatic carboxylic acids is 1. The van der Waals surface area contributed by atoms with Gasteiger partial charge < -0.3 is 5.11 Å². The molecule has 2 fully saturated rings. The van der Waals surface area contributed by atoms with E-state index in [-0.39, 0.29) is 23.7 Å². The van der Waals surface area contributed by atoms with Crippen molar-refractivity contribution in [2.75, 3.05) is 0 Å². The van der Waals surface area contributed by atoms with Crippen molar-refractivity contribution in [3.8, 4) is 0 Å². The predicted molar refractivity (Wildman–Crippen MR) is 69.2 cm³/mol. The molecule has 3 heteroatoms. The van der Waals surface area contributed by atoms with Gasteiger partial charge in [-0.1, -0.05) is 30.3 Å². The van der Waals surface area contributed by atoms with Gasteiger partial charge in [-0.3, -0.25) is 4.79 Å². The Labute approximate surface area is 110 Å². The van der Waals surface area contributed by atoms with Gasteiger partial charge in [0, 0.05) is 29.7 Å². The van der Waals surface area contributed by atoms with Crippen molar-refractivity contribution >= 4 is 17.3 Å². The molecule has 0 spiro atoms. The average Bonchev–Trinajstić information content (AvgIpc) is 2.83. The Morgan fingerprint density at radius 2 is 1.89 bits per heavy atom. The monoisotopic (exact) mass is 254 g/mol. The lowest BCUT2D eigenvalue weighted by Crippen LogP contribution is -2.41. The molecule has 0 amide bonds. The van der Waals surface area contributed by atoms with Crippen molar-refractivity contribution in [3.63, 3.8) is 0 Å². The summed E-state index contributed by atoms with van der Waals surface area (Å²) in [5, 5.41) is 9.46. The zero-order chi connectivity index (χ0) is 13.1. The van der Waals surface area contributed by atoms with E-state index in [0.717, 1.165) is 17.6 Å². The van der Waals surface area contributed by atoms with Gasteiger partial charge in [0.05, 0.1) is 0 Å². The Balaban J connectivity index is 1.85. The van der Waals surface area contributed by atoms with E-state index in [0.29, 0.717) is 17.8 Å². The molecule has 19 heavy (non-hydrogen) atoms. The minimum Gasteiger partial charge on any atom is -0.478 e. The molecule has 96 valence electrons. The third kappa shape index (κ3) is 1.28. The van der Waals surface area contributed by atoms with Gasteiger partial charge in [0.25, 0.3) is 0 Å². The summed E-state index contributed by atoms with van der Waals surface area (Å²) in [6.45, 7) is 0. The number of carboxylic acids is 1. The lowest BCUT2D eigenvalue weighted by molar-refractivity contribution is -0.135. The van der Waals surface area contributed by atoms with Crippen LogP contribution in [-0.2, 0) is 9.59 Å². The maximum Gasteiger partial charge on any atom is 0.332 e. The number of hydrogen-bond donors (Lipinski definition) is 1. The summed E-state index contributed by atoms with van der Waals surface area (Å²) in [6.07, 6.45) is 1.48. The van der Waals surface area contributed by atoms with Crippen LogP contribution in [0.2, 0.25) is 0 Å². The predicted octanol–water partition coefficient (Wildman–Crippen LogP) is 2.38. The van der Waals surface area contributed by atoms with E-state index in [1.165, 1.54) is 0 Å². The lowest BCUT2D eigenvalue weighted by atomic mass is 9.59. The molecule has 0 unspecified atom stereocenters. The number of hydrogen-bond acceptors (Lipinski definition) is 2. The van der Waals surface area contributed by atoms with E-state index in [2.05, 4.69) is 0 Å². The number of benzene rings is 1. The fourth-order valence-corrected chi connectivity index (χ4v) is 4.40. The van der Waals surface area contributed by atoms with Crippen molar-refractivity contribution in [1.29, 1.82) is 0 Å². The van der Waals surface area contributed by atoms with Crippen molar-refractivity contribution in [2.45, 2.75) is 12.8 Å². The molecule has 0 heterocycles. The van der Waals surface area contributed by atoms with Gasteiger partial charge in [0.1, 0.15) is 5.78 Å². The van der Waals surface area contributed by atoms with Crippen molar-refractivity contribution in [2.24, 2.45) is 23.7 Å². The zero-order valence-corrected chi connectivity index (χ0v) is 10.4. The number of carboxylic acid groups (broad SMARTS) is 1. The molecule has 1 aromatic carbocycles. The Hall–Kier alpha value is -1.90. The first-order valence-electron chi connectivity index (χ1n) is 6.74. The third-order valence-corrected chi connectivity index (χ3v) is 5.03. The summed E-state index contributed by atoms with van der Waals surface area (Å²) in [5.41, 5.74) is 2.45. The third-order valence-electron chi connectivity index (χ3n) is 5.03. The van der Waals surface area contributed by atoms with Crippen LogP contribution < -0.4 is 0 Å². The Morgan fingerprint density at radius 3 is 2.58 bits per heavy atom. The van der Waals surface area contributed by atoms with Gasteiger partial charge in [-0.2, -0.15) is 0 Å². The molecule has 0 aromatic heterocycles. The SMILES string of the molecule is O=C(O)C1=C(c2ccccc2)[C@@H]2[C@H]1[C@H]1CC(=O)[C@@H]2C1. The molecule has 3 aliphatic rings. The molecular formula is C16H14O3. The highest BCUT2D eigenvalue weighted by Crippen LogP contribution is 2.64. The highest BCUT2D eigenvalue weighted by Gasteiger charge is 2.61. The topological polar surface area (TPSA) is 54.4 Å². The zero-order valence-electron chi connectivity index (χ0n) is 10.4. The lowest BCUT2D eigenvalue weighted by Gasteiger charge is -2.42. The summed E-state index contributed by atoms with van der Waals surface area (Å²) < 4.78 is 0. The minimum absolute atomic E-state index is 0.0771. The Bertz CT molecular complexity index is 614. The van der Waals surface area contributed by atoms with E-state index in [9.17, 15) is 14.7 Å². The normalized spacial score (nSPS) is 35.3. The molecule has 0 aliphatic heterocycles. The molecule has 1 N–H and O–H groups in total. The molecule has 0 saturated heterocycles. The van der Waals surface area contributed by atoms with E-state index < -0.39 is 5.97 Å². The minimum atomic E-state index is -0.805. The van der Waals surface area contributed by atoms with E-state index in [1.807, 2.05) is 30.3 Å². The molecular weight excluding hydrogens is 240 g/mol. The highest BCUT2D eigenvalue weighted by molar-refractivity contribution is 6.05. The van der Waals surface area contributed by atoms with E-state index in [1.54, 1.807) is 0 Å². The van der Waals surface area contributed by atoms with Gasteiger partial charge in [-0.05, 0) is 23.5 Å². The second-order valence-corrected chi connectivity index (χ2v) is 5.82. The molecule has 2 bridgehead atoms. The molecule has 3 aliphatic carbocycles. The maximum atomic E-state index is 11.9. The van der Waals surface area contributed by atoms with Gasteiger partial charge in [0.15, 0.2) is 0 Å². The quantitative estimate of drug-likeness (QED) is 0.881. The second-order valence-electron chi connectivity index (χ2n) is 5.82. The van der Waals surface area contributed by atoms with Crippen LogP contribution in [-0.4, -0.2) is 16.9 Å². The summed E-state index contributed by atoms with van der Waals surface area (Å²) in [7, 11) is 0. The summed E-state index contributed by atoms with van der Waals surface area (Å²) in [5.74, 6) is 0.175. The number of rotatable bonds is 2. The molecule has 1 aromatic rings. The van der Waals surface area contributed by atoms with E-state index in [4.69, 9.17) is 0 Å². The molecule has 2 saturated carbocycles. The summed E-state index contributed by atoms with van der Waals surface area (Å²) in [4.78, 5) is 23.4. The second kappa shape index (κ2) is 3.56. The van der Waals surface area contributed by atoms with Crippen molar-refractivity contribution < 1.29 is 14.7 Å². The first-order valence-corrected chi connectivity index (χ1v) is 6.74. The highest BCUT2D eigenvalue weighted by atomic mass is 16.4. The van der Waals surface area contributed by atoms with Crippen LogP contribution in [0, 0.1) is 23.7 Å². The number of fused-ring (bicyclic) bond motifs is 5. The van der Waals surface area contributed by atoms with Crippen LogP contribution in [0.1, 0.15) is 18.4 Å². The van der Waals surface area contributed by atoms with Crippen LogP contribution in [0.15, 0.2) is 35.9 Å². The number of ketones is 1. The number of Topliss-reactive ketones (excluding diaryl/α,β-unsaturated/α-hetero) is 1. The van der Waals surface area contributed by atoms with Gasteiger partial charge in [-0.25, -0.2) is 4.79 Å². The molecule has 4 atom stereocenters. The first-order chi connectivity index (χ1) is 9.18. The van der Waals surface area contributed by atoms with E-state index >= 15 is 0 Å². The maximum absolute atomic E-state index is 11.9. The summed E-state index contributed by atoms with van der Waals surface area (Å²) >= 11 is 0. The van der Waals surface area contributed by atoms with Crippen LogP contribution in [0.25, 0.3) is 5.57 Å². The van der Waals surface area contributed by atoms with Crippen molar-refractivity contribution in [3.05, 3.63) is 41.5 Å². The van der Waals surface area contributed by atoms with Crippen LogP contribution in [0.3, 0.4) is 0 Å². The van der Waals surface area contributed by atoms with Crippen LogP contribution in [0.4, 0.5) is 0 Å². The summed E-state index contributed by atoms with van der Waals surface area (Å²) in [6, 6.07) is 9.66. The van der Waals surface area contributed by atoms with Gasteiger partial charge in [-0.15, -0.1) is 0 Å². The smallest absolute Gasteiger partial charge is 0.332 e. The van der Waals surface area contributed by atoms with Crippen LogP contribution >= 0.6 is 0 Å².